The number of carbonyl (C=O) groups is 3. The lowest BCUT2D eigenvalue weighted by atomic mass is 9.65. The highest BCUT2D eigenvalue weighted by atomic mass is 16.5. The van der Waals surface area contributed by atoms with Crippen LogP contribution < -0.4 is 5.32 Å². The molecular formula is C23H32N2O5. The molecule has 164 valence electrons. The molecule has 0 saturated heterocycles. The summed E-state index contributed by atoms with van der Waals surface area (Å²) in [6, 6.07) is 7.46. The van der Waals surface area contributed by atoms with Crippen molar-refractivity contribution in [3.05, 3.63) is 35.4 Å². The van der Waals surface area contributed by atoms with Crippen LogP contribution in [0.4, 0.5) is 0 Å². The van der Waals surface area contributed by atoms with Crippen molar-refractivity contribution in [3.8, 4) is 0 Å². The normalized spacial score (nSPS) is 20.0. The first-order valence-corrected chi connectivity index (χ1v) is 10.8. The van der Waals surface area contributed by atoms with Gasteiger partial charge in [0.25, 0.3) is 5.91 Å². The molecule has 3 rings (SSSR count). The Labute approximate surface area is 178 Å². The number of esters is 1. The van der Waals surface area contributed by atoms with E-state index in [1.165, 1.54) is 7.11 Å². The number of hydrogen-bond donors (Lipinski definition) is 1. The summed E-state index contributed by atoms with van der Waals surface area (Å²) in [6.45, 7) is 1.30. The van der Waals surface area contributed by atoms with E-state index in [0.29, 0.717) is 31.7 Å². The Balaban J connectivity index is 1.92. The van der Waals surface area contributed by atoms with Crippen molar-refractivity contribution in [1.29, 1.82) is 0 Å². The van der Waals surface area contributed by atoms with E-state index >= 15 is 0 Å². The molecule has 1 heterocycles. The van der Waals surface area contributed by atoms with Crippen LogP contribution in [-0.2, 0) is 19.1 Å². The summed E-state index contributed by atoms with van der Waals surface area (Å²) in [6.07, 6.45) is 5.49. The van der Waals surface area contributed by atoms with Crippen LogP contribution in [0.3, 0.4) is 0 Å². The third-order valence-electron chi connectivity index (χ3n) is 6.41. The molecule has 1 saturated carbocycles. The van der Waals surface area contributed by atoms with Gasteiger partial charge in [-0.05, 0) is 30.9 Å². The van der Waals surface area contributed by atoms with Gasteiger partial charge in [0.05, 0.1) is 25.2 Å². The van der Waals surface area contributed by atoms with Crippen molar-refractivity contribution < 1.29 is 23.9 Å². The zero-order valence-corrected chi connectivity index (χ0v) is 17.9. The quantitative estimate of drug-likeness (QED) is 0.520. The molecule has 7 heteroatoms. The summed E-state index contributed by atoms with van der Waals surface area (Å²) in [5.74, 6) is -0.808. The molecule has 0 radical (unpaired) electrons. The molecule has 1 aliphatic heterocycles. The maximum Gasteiger partial charge on any atom is 0.305 e. The molecule has 30 heavy (non-hydrogen) atoms. The lowest BCUT2D eigenvalue weighted by Crippen LogP contribution is -2.63. The molecule has 1 fully saturated rings. The minimum Gasteiger partial charge on any atom is -0.469 e. The Morgan fingerprint density at radius 3 is 2.60 bits per heavy atom. The molecule has 2 amide bonds. The van der Waals surface area contributed by atoms with E-state index in [0.717, 1.165) is 37.7 Å². The van der Waals surface area contributed by atoms with E-state index in [2.05, 4.69) is 10.1 Å². The number of ether oxygens (including phenoxy) is 2. The number of hydrogen-bond acceptors (Lipinski definition) is 5. The summed E-state index contributed by atoms with van der Waals surface area (Å²) < 4.78 is 9.95. The minimum absolute atomic E-state index is 0.0145. The molecule has 0 bridgehead atoms. The summed E-state index contributed by atoms with van der Waals surface area (Å²) >= 11 is 0. The average molecular weight is 417 g/mol. The van der Waals surface area contributed by atoms with E-state index in [1.807, 2.05) is 29.2 Å². The second kappa shape index (κ2) is 10.1. The van der Waals surface area contributed by atoms with Gasteiger partial charge in [0, 0.05) is 32.2 Å². The van der Waals surface area contributed by atoms with Crippen LogP contribution in [0.5, 0.6) is 0 Å². The highest BCUT2D eigenvalue weighted by Gasteiger charge is 2.54. The molecule has 1 spiro atoms. The van der Waals surface area contributed by atoms with Gasteiger partial charge in [0.1, 0.15) is 0 Å². The molecule has 1 aliphatic carbocycles. The maximum absolute atomic E-state index is 13.5. The first kappa shape index (κ1) is 22.3. The Morgan fingerprint density at radius 2 is 1.90 bits per heavy atom. The van der Waals surface area contributed by atoms with E-state index in [9.17, 15) is 14.4 Å². The van der Waals surface area contributed by atoms with Gasteiger partial charge in [0.2, 0.25) is 5.91 Å². The number of fused-ring (bicyclic) bond motifs is 1. The van der Waals surface area contributed by atoms with Crippen molar-refractivity contribution in [2.75, 3.05) is 33.9 Å². The Bertz CT molecular complexity index is 773. The second-order valence-electron chi connectivity index (χ2n) is 8.10. The van der Waals surface area contributed by atoms with Crippen LogP contribution >= 0.6 is 0 Å². The fourth-order valence-electron chi connectivity index (χ4n) is 5.00. The van der Waals surface area contributed by atoms with Gasteiger partial charge in [-0.15, -0.1) is 0 Å². The number of benzene rings is 1. The predicted molar refractivity (Wildman–Crippen MR) is 112 cm³/mol. The molecule has 2 aliphatic rings. The summed E-state index contributed by atoms with van der Waals surface area (Å²) in [5.41, 5.74) is 0.873. The Morgan fingerprint density at radius 1 is 1.17 bits per heavy atom. The lowest BCUT2D eigenvalue weighted by Gasteiger charge is -2.53. The summed E-state index contributed by atoms with van der Waals surface area (Å²) in [5, 5.41) is 3.02. The summed E-state index contributed by atoms with van der Waals surface area (Å²) in [7, 11) is 2.99. The predicted octanol–water partition coefficient (Wildman–Crippen LogP) is 2.64. The van der Waals surface area contributed by atoms with Crippen LogP contribution in [0.2, 0.25) is 0 Å². The van der Waals surface area contributed by atoms with E-state index < -0.39 is 11.5 Å². The topological polar surface area (TPSA) is 84.9 Å². The molecule has 1 aromatic rings. The average Bonchev–Trinajstić information content (AvgIpc) is 2.77. The zero-order valence-electron chi connectivity index (χ0n) is 17.9. The lowest BCUT2D eigenvalue weighted by molar-refractivity contribution is -0.141. The van der Waals surface area contributed by atoms with Gasteiger partial charge in [-0.3, -0.25) is 14.4 Å². The maximum atomic E-state index is 13.5. The SMILES string of the molecule is COCCN1C(=O)c2ccccc2[C@H](C(=O)NCCCC(=O)OC)C12CCCCC2. The van der Waals surface area contributed by atoms with E-state index in [1.54, 1.807) is 7.11 Å². The second-order valence-corrected chi connectivity index (χ2v) is 8.10. The van der Waals surface area contributed by atoms with Crippen molar-refractivity contribution in [2.45, 2.75) is 56.4 Å². The highest BCUT2D eigenvalue weighted by Crippen LogP contribution is 2.49. The number of nitrogens with zero attached hydrogens (tertiary/aromatic N) is 1. The van der Waals surface area contributed by atoms with Gasteiger partial charge in [0.15, 0.2) is 0 Å². The molecule has 1 aromatic carbocycles. The van der Waals surface area contributed by atoms with Crippen LogP contribution in [0.15, 0.2) is 24.3 Å². The zero-order chi connectivity index (χ0) is 21.6. The van der Waals surface area contributed by atoms with Gasteiger partial charge in [-0.25, -0.2) is 0 Å². The van der Waals surface area contributed by atoms with Gasteiger partial charge < -0.3 is 19.7 Å². The van der Waals surface area contributed by atoms with Gasteiger partial charge in [-0.1, -0.05) is 37.5 Å². The number of amides is 2. The van der Waals surface area contributed by atoms with Crippen molar-refractivity contribution in [1.82, 2.24) is 10.2 Å². The number of methoxy groups -OCH3 is 2. The molecular weight excluding hydrogens is 384 g/mol. The van der Waals surface area contributed by atoms with Crippen LogP contribution in [0, 0.1) is 0 Å². The molecule has 1 atom stereocenters. The minimum atomic E-state index is -0.533. The summed E-state index contributed by atoms with van der Waals surface area (Å²) in [4.78, 5) is 40.1. The van der Waals surface area contributed by atoms with E-state index in [-0.39, 0.29) is 24.2 Å². The Hall–Kier alpha value is -2.41. The molecule has 1 N–H and O–H groups in total. The van der Waals surface area contributed by atoms with Gasteiger partial charge >= 0.3 is 5.97 Å². The Kier molecular flexibility index (Phi) is 7.48. The van der Waals surface area contributed by atoms with Crippen molar-refractivity contribution >= 4 is 17.8 Å². The molecule has 7 nitrogen and oxygen atoms in total. The molecule has 0 aromatic heterocycles. The van der Waals surface area contributed by atoms with Crippen LogP contribution in [-0.4, -0.2) is 62.1 Å². The smallest absolute Gasteiger partial charge is 0.305 e. The van der Waals surface area contributed by atoms with E-state index in [4.69, 9.17) is 4.74 Å². The molecule has 0 unspecified atom stereocenters. The van der Waals surface area contributed by atoms with Crippen LogP contribution in [0.1, 0.15) is 66.8 Å². The number of rotatable bonds is 8. The van der Waals surface area contributed by atoms with Crippen LogP contribution in [0.25, 0.3) is 0 Å². The first-order valence-electron chi connectivity index (χ1n) is 10.8. The van der Waals surface area contributed by atoms with Crippen molar-refractivity contribution in [3.63, 3.8) is 0 Å². The van der Waals surface area contributed by atoms with Crippen molar-refractivity contribution in [2.24, 2.45) is 0 Å². The fourth-order valence-corrected chi connectivity index (χ4v) is 5.00. The first-order chi connectivity index (χ1) is 14.5. The number of carbonyl (C=O) groups excluding carboxylic acids is 3. The highest BCUT2D eigenvalue weighted by molar-refractivity contribution is 6.02. The largest absolute Gasteiger partial charge is 0.469 e. The third kappa shape index (κ3) is 4.36. The fraction of sp³-hybridized carbons (Fsp3) is 0.609. The van der Waals surface area contributed by atoms with Gasteiger partial charge in [-0.2, -0.15) is 0 Å². The monoisotopic (exact) mass is 416 g/mol. The standard InChI is InChI=1S/C23H32N2O5/c1-29-16-15-25-22(28)18-10-5-4-9-17(18)20(23(25)12-6-3-7-13-23)21(27)24-14-8-11-19(26)30-2/h4-5,9-10,20H,3,6-8,11-16H2,1-2H3,(H,24,27)/t20-/m1/s1. The third-order valence-corrected chi connectivity index (χ3v) is 6.41. The number of nitrogens with one attached hydrogen (secondary N) is 1.